The summed E-state index contributed by atoms with van der Waals surface area (Å²) in [6.07, 6.45) is 0.879. The van der Waals surface area contributed by atoms with E-state index in [1.54, 1.807) is 7.11 Å². The van der Waals surface area contributed by atoms with Crippen LogP contribution in [-0.2, 0) is 6.42 Å². The molecule has 1 aromatic rings. The van der Waals surface area contributed by atoms with Gasteiger partial charge in [-0.3, -0.25) is 4.79 Å². The van der Waals surface area contributed by atoms with Crippen LogP contribution in [-0.4, -0.2) is 33.0 Å². The predicted molar refractivity (Wildman–Crippen MR) is 63.4 cm³/mol. The van der Waals surface area contributed by atoms with Crippen LogP contribution in [0.2, 0.25) is 0 Å². The Morgan fingerprint density at radius 3 is 2.94 bits per heavy atom. The number of nitrogens with two attached hydrogens (primary N) is 1. The van der Waals surface area contributed by atoms with E-state index in [0.717, 1.165) is 35.5 Å². The summed E-state index contributed by atoms with van der Waals surface area (Å²) in [6.45, 7) is 0.975. The van der Waals surface area contributed by atoms with Crippen molar-refractivity contribution in [3.8, 4) is 5.75 Å². The minimum atomic E-state index is -0.00537. The number of Topliss-reactive ketones (excluding diaryl/α,β-unsaturated/α-hetero) is 1. The van der Waals surface area contributed by atoms with Gasteiger partial charge in [0.1, 0.15) is 5.75 Å². The van der Waals surface area contributed by atoms with Crippen LogP contribution in [0, 0.1) is 0 Å². The van der Waals surface area contributed by atoms with Crippen LogP contribution in [0.25, 0.3) is 0 Å². The molecule has 4 heteroatoms. The third-order valence-electron chi connectivity index (χ3n) is 3.03. The highest BCUT2D eigenvalue weighted by atomic mass is 16.5. The molecule has 2 rings (SSSR count). The van der Waals surface area contributed by atoms with Gasteiger partial charge in [-0.05, 0) is 24.1 Å². The fourth-order valence-electron chi connectivity index (χ4n) is 2.21. The summed E-state index contributed by atoms with van der Waals surface area (Å²) in [6, 6.07) is 3.65. The molecule has 0 radical (unpaired) electrons. The zero-order valence-electron chi connectivity index (χ0n) is 9.62. The van der Waals surface area contributed by atoms with Gasteiger partial charge in [0.15, 0.2) is 5.78 Å². The van der Waals surface area contributed by atoms with E-state index in [1.807, 2.05) is 19.2 Å². The maximum absolute atomic E-state index is 11.7. The SMILES string of the molecule is COc1ccc(C(=O)CN)c2c1N(C)CC2. The smallest absolute Gasteiger partial charge is 0.176 e. The van der Waals surface area contributed by atoms with E-state index in [-0.39, 0.29) is 12.3 Å². The molecule has 1 aromatic carbocycles. The van der Waals surface area contributed by atoms with Gasteiger partial charge < -0.3 is 15.4 Å². The summed E-state index contributed by atoms with van der Waals surface area (Å²) >= 11 is 0. The molecule has 0 bridgehead atoms. The van der Waals surface area contributed by atoms with Gasteiger partial charge in [0.05, 0.1) is 19.3 Å². The molecule has 0 unspecified atom stereocenters. The lowest BCUT2D eigenvalue weighted by molar-refractivity contribution is 0.100. The topological polar surface area (TPSA) is 55.6 Å². The van der Waals surface area contributed by atoms with Crippen LogP contribution < -0.4 is 15.4 Å². The molecule has 1 aliphatic heterocycles. The first-order valence-electron chi connectivity index (χ1n) is 5.33. The van der Waals surface area contributed by atoms with Crippen molar-refractivity contribution in [1.82, 2.24) is 0 Å². The molecule has 86 valence electrons. The number of anilines is 1. The van der Waals surface area contributed by atoms with Crippen molar-refractivity contribution in [2.24, 2.45) is 5.73 Å². The summed E-state index contributed by atoms with van der Waals surface area (Å²) in [5.74, 6) is 0.817. The average molecular weight is 220 g/mol. The Morgan fingerprint density at radius 1 is 1.56 bits per heavy atom. The van der Waals surface area contributed by atoms with Crippen LogP contribution in [0.15, 0.2) is 12.1 Å². The first-order valence-corrected chi connectivity index (χ1v) is 5.33. The highest BCUT2D eigenvalue weighted by Gasteiger charge is 2.25. The number of benzene rings is 1. The summed E-state index contributed by atoms with van der Waals surface area (Å²) < 4.78 is 5.31. The molecule has 0 saturated heterocycles. The lowest BCUT2D eigenvalue weighted by Gasteiger charge is -2.16. The highest BCUT2D eigenvalue weighted by molar-refractivity contribution is 6.01. The molecule has 1 aliphatic rings. The molecule has 0 fully saturated rings. The average Bonchev–Trinajstić information content (AvgIpc) is 2.70. The van der Waals surface area contributed by atoms with Crippen molar-refractivity contribution in [2.75, 3.05) is 32.1 Å². The number of hydrogen-bond donors (Lipinski definition) is 1. The minimum Gasteiger partial charge on any atom is -0.495 e. The van der Waals surface area contributed by atoms with Crippen molar-refractivity contribution in [3.63, 3.8) is 0 Å². The van der Waals surface area contributed by atoms with Crippen molar-refractivity contribution in [2.45, 2.75) is 6.42 Å². The molecule has 16 heavy (non-hydrogen) atoms. The van der Waals surface area contributed by atoms with Crippen LogP contribution >= 0.6 is 0 Å². The number of carbonyl (C=O) groups excluding carboxylic acids is 1. The Kier molecular flexibility index (Phi) is 2.83. The zero-order valence-corrected chi connectivity index (χ0v) is 9.62. The van der Waals surface area contributed by atoms with Crippen LogP contribution in [0.1, 0.15) is 15.9 Å². The van der Waals surface area contributed by atoms with Gasteiger partial charge in [0.2, 0.25) is 0 Å². The van der Waals surface area contributed by atoms with E-state index in [9.17, 15) is 4.79 Å². The molecule has 0 amide bonds. The van der Waals surface area contributed by atoms with Crippen molar-refractivity contribution < 1.29 is 9.53 Å². The summed E-state index contributed by atoms with van der Waals surface area (Å²) in [5, 5.41) is 0. The number of fused-ring (bicyclic) bond motifs is 1. The van der Waals surface area contributed by atoms with Gasteiger partial charge in [-0.25, -0.2) is 0 Å². The molecule has 0 aliphatic carbocycles. The number of likely N-dealkylation sites (N-methyl/N-ethyl adjacent to an activating group) is 1. The Balaban J connectivity index is 2.56. The lowest BCUT2D eigenvalue weighted by Crippen LogP contribution is -2.16. The second-order valence-corrected chi connectivity index (χ2v) is 3.94. The molecule has 0 saturated carbocycles. The number of methoxy groups -OCH3 is 1. The fourth-order valence-corrected chi connectivity index (χ4v) is 2.21. The Bertz CT molecular complexity index is 429. The quantitative estimate of drug-likeness (QED) is 0.766. The van der Waals surface area contributed by atoms with Gasteiger partial charge in [-0.1, -0.05) is 0 Å². The zero-order chi connectivity index (χ0) is 11.7. The Morgan fingerprint density at radius 2 is 2.31 bits per heavy atom. The minimum absolute atomic E-state index is 0.00537. The van der Waals surface area contributed by atoms with Gasteiger partial charge >= 0.3 is 0 Å². The predicted octanol–water partition coefficient (Wildman–Crippen LogP) is 0.829. The molecule has 0 spiro atoms. The second kappa shape index (κ2) is 4.14. The number of carbonyl (C=O) groups is 1. The van der Waals surface area contributed by atoms with Crippen molar-refractivity contribution in [3.05, 3.63) is 23.3 Å². The summed E-state index contributed by atoms with van der Waals surface area (Å²) in [7, 11) is 3.65. The molecule has 1 heterocycles. The van der Waals surface area contributed by atoms with Gasteiger partial charge in [0, 0.05) is 19.2 Å². The normalized spacial score (nSPS) is 13.8. The van der Waals surface area contributed by atoms with E-state index in [2.05, 4.69) is 4.90 Å². The number of rotatable bonds is 3. The molecular weight excluding hydrogens is 204 g/mol. The van der Waals surface area contributed by atoms with E-state index >= 15 is 0 Å². The number of ketones is 1. The lowest BCUT2D eigenvalue weighted by atomic mass is 10.0. The van der Waals surface area contributed by atoms with Gasteiger partial charge in [0.25, 0.3) is 0 Å². The van der Waals surface area contributed by atoms with E-state index in [0.29, 0.717) is 0 Å². The van der Waals surface area contributed by atoms with E-state index in [4.69, 9.17) is 10.5 Å². The number of hydrogen-bond acceptors (Lipinski definition) is 4. The van der Waals surface area contributed by atoms with Crippen molar-refractivity contribution in [1.29, 1.82) is 0 Å². The second-order valence-electron chi connectivity index (χ2n) is 3.94. The van der Waals surface area contributed by atoms with E-state index < -0.39 is 0 Å². The van der Waals surface area contributed by atoms with Crippen LogP contribution in [0.3, 0.4) is 0 Å². The summed E-state index contributed by atoms with van der Waals surface area (Å²) in [4.78, 5) is 13.8. The molecule has 4 nitrogen and oxygen atoms in total. The summed E-state index contributed by atoms with van der Waals surface area (Å²) in [5.41, 5.74) is 8.24. The third kappa shape index (κ3) is 1.55. The molecule has 0 atom stereocenters. The standard InChI is InChI=1S/C12H16N2O2/c1-14-6-5-9-8(10(15)7-13)3-4-11(16-2)12(9)14/h3-4H,5-7,13H2,1-2H3. The third-order valence-corrected chi connectivity index (χ3v) is 3.03. The van der Waals surface area contributed by atoms with Gasteiger partial charge in [-0.2, -0.15) is 0 Å². The van der Waals surface area contributed by atoms with Crippen molar-refractivity contribution >= 4 is 11.5 Å². The largest absolute Gasteiger partial charge is 0.495 e. The monoisotopic (exact) mass is 220 g/mol. The Labute approximate surface area is 95.0 Å². The molecular formula is C12H16N2O2. The fraction of sp³-hybridized carbons (Fsp3) is 0.417. The Hall–Kier alpha value is -1.55. The van der Waals surface area contributed by atoms with Crippen LogP contribution in [0.4, 0.5) is 5.69 Å². The number of nitrogens with zero attached hydrogens (tertiary/aromatic N) is 1. The van der Waals surface area contributed by atoms with Crippen LogP contribution in [0.5, 0.6) is 5.75 Å². The molecule has 2 N–H and O–H groups in total. The molecule has 0 aromatic heterocycles. The highest BCUT2D eigenvalue weighted by Crippen LogP contribution is 2.38. The first-order chi connectivity index (χ1) is 7.69. The maximum Gasteiger partial charge on any atom is 0.176 e. The maximum atomic E-state index is 11.7. The van der Waals surface area contributed by atoms with E-state index in [1.165, 1.54) is 0 Å². The number of ether oxygens (including phenoxy) is 1. The first kappa shape index (κ1) is 11.0. The van der Waals surface area contributed by atoms with Gasteiger partial charge in [-0.15, -0.1) is 0 Å².